The molecule has 0 amide bonds. The first kappa shape index (κ1) is 14.7. The summed E-state index contributed by atoms with van der Waals surface area (Å²) < 4.78 is 0. The maximum absolute atomic E-state index is 12.2. The molecule has 1 aromatic heterocycles. The molecular weight excluding hydrogens is 294 g/mol. The second-order valence-electron chi connectivity index (χ2n) is 5.71. The van der Waals surface area contributed by atoms with E-state index in [1.165, 1.54) is 0 Å². The van der Waals surface area contributed by atoms with Crippen molar-refractivity contribution in [2.24, 2.45) is 0 Å². The van der Waals surface area contributed by atoms with Crippen LogP contribution in [0.25, 0.3) is 10.8 Å². The lowest BCUT2D eigenvalue weighted by atomic mass is 9.78. The van der Waals surface area contributed by atoms with Crippen LogP contribution in [-0.2, 0) is 16.6 Å². The number of benzene rings is 2. The van der Waals surface area contributed by atoms with Gasteiger partial charge in [-0.15, -0.1) is 0 Å². The van der Waals surface area contributed by atoms with Crippen LogP contribution < -0.4 is 0 Å². The van der Waals surface area contributed by atoms with Gasteiger partial charge in [0.05, 0.1) is 5.41 Å². The quantitative estimate of drug-likeness (QED) is 0.664. The number of carbonyl (C=O) groups is 1. The van der Waals surface area contributed by atoms with Crippen LogP contribution in [0.4, 0.5) is 0 Å². The predicted octanol–water partition coefficient (Wildman–Crippen LogP) is 4.50. The van der Waals surface area contributed by atoms with E-state index in [-0.39, 0.29) is 5.24 Å². The maximum atomic E-state index is 12.2. The van der Waals surface area contributed by atoms with Crippen molar-refractivity contribution in [3.8, 4) is 0 Å². The minimum atomic E-state index is -0.769. The lowest BCUT2D eigenvalue weighted by Crippen LogP contribution is -2.31. The zero-order valence-corrected chi connectivity index (χ0v) is 13.0. The van der Waals surface area contributed by atoms with E-state index in [2.05, 4.69) is 11.1 Å². The Balaban J connectivity index is 2.07. The van der Waals surface area contributed by atoms with Crippen LogP contribution in [0, 0.1) is 0 Å². The molecule has 0 bridgehead atoms. The van der Waals surface area contributed by atoms with Crippen LogP contribution >= 0.6 is 11.6 Å². The fourth-order valence-electron chi connectivity index (χ4n) is 2.73. The Morgan fingerprint density at radius 1 is 1.09 bits per heavy atom. The van der Waals surface area contributed by atoms with E-state index in [9.17, 15) is 4.79 Å². The first-order chi connectivity index (χ1) is 10.6. The van der Waals surface area contributed by atoms with Gasteiger partial charge in [-0.05, 0) is 52.9 Å². The Labute approximate surface area is 134 Å². The molecule has 2 nitrogen and oxygen atoms in total. The number of halogens is 1. The number of carbonyl (C=O) groups excluding carboxylic acids is 1. The van der Waals surface area contributed by atoms with Gasteiger partial charge in [0.25, 0.3) is 0 Å². The van der Waals surface area contributed by atoms with Gasteiger partial charge < -0.3 is 0 Å². The third kappa shape index (κ3) is 2.75. The van der Waals surface area contributed by atoms with Gasteiger partial charge in [-0.25, -0.2) is 0 Å². The van der Waals surface area contributed by atoms with Crippen molar-refractivity contribution in [2.75, 3.05) is 0 Å². The minimum Gasteiger partial charge on any atom is -0.280 e. The van der Waals surface area contributed by atoms with Gasteiger partial charge in [0.15, 0.2) is 0 Å². The van der Waals surface area contributed by atoms with Crippen LogP contribution in [0.3, 0.4) is 0 Å². The van der Waals surface area contributed by atoms with Crippen LogP contribution in [-0.4, -0.2) is 10.2 Å². The van der Waals surface area contributed by atoms with Gasteiger partial charge in [0.1, 0.15) is 0 Å². The Hall–Kier alpha value is -2.19. The molecule has 3 rings (SSSR count). The van der Waals surface area contributed by atoms with E-state index in [1.54, 1.807) is 12.4 Å². The van der Waals surface area contributed by atoms with Crippen molar-refractivity contribution in [1.29, 1.82) is 0 Å². The summed E-state index contributed by atoms with van der Waals surface area (Å²) in [5.74, 6) is 0. The highest BCUT2D eigenvalue weighted by Gasteiger charge is 2.34. The molecule has 0 aliphatic carbocycles. The van der Waals surface area contributed by atoms with E-state index in [1.807, 2.05) is 55.5 Å². The summed E-state index contributed by atoms with van der Waals surface area (Å²) in [6, 6.07) is 18.0. The molecule has 0 radical (unpaired) electrons. The molecule has 0 saturated heterocycles. The smallest absolute Gasteiger partial charge is 0.232 e. The summed E-state index contributed by atoms with van der Waals surface area (Å²) in [6.45, 7) is 1.89. The van der Waals surface area contributed by atoms with Gasteiger partial charge in [0, 0.05) is 12.4 Å². The molecule has 110 valence electrons. The zero-order valence-electron chi connectivity index (χ0n) is 12.3. The van der Waals surface area contributed by atoms with Crippen LogP contribution in [0.1, 0.15) is 18.1 Å². The molecule has 0 aliphatic rings. The minimum absolute atomic E-state index is 0.355. The molecule has 0 fully saturated rings. The summed E-state index contributed by atoms with van der Waals surface area (Å²) >= 11 is 5.96. The zero-order chi connectivity index (χ0) is 15.6. The number of fused-ring (bicyclic) bond motifs is 1. The largest absolute Gasteiger partial charge is 0.280 e. The molecular formula is C19H16ClNO. The highest BCUT2D eigenvalue weighted by molar-refractivity contribution is 6.65. The van der Waals surface area contributed by atoms with Crippen LogP contribution in [0.15, 0.2) is 67.0 Å². The third-order valence-corrected chi connectivity index (χ3v) is 4.52. The summed E-state index contributed by atoms with van der Waals surface area (Å²) in [4.78, 5) is 16.3. The second kappa shape index (κ2) is 5.90. The van der Waals surface area contributed by atoms with E-state index in [0.29, 0.717) is 6.42 Å². The average Bonchev–Trinajstić information content (AvgIpc) is 2.55. The van der Waals surface area contributed by atoms with Crippen molar-refractivity contribution in [3.63, 3.8) is 0 Å². The fraction of sp³-hybridized carbons (Fsp3) is 0.158. The first-order valence-corrected chi connectivity index (χ1v) is 7.55. The topological polar surface area (TPSA) is 30.0 Å². The molecule has 3 heteroatoms. The van der Waals surface area contributed by atoms with Crippen LogP contribution in [0.2, 0.25) is 0 Å². The summed E-state index contributed by atoms with van der Waals surface area (Å²) in [7, 11) is 0. The van der Waals surface area contributed by atoms with Crippen molar-refractivity contribution in [3.05, 3.63) is 78.1 Å². The van der Waals surface area contributed by atoms with E-state index in [0.717, 1.165) is 21.9 Å². The molecule has 1 heterocycles. The number of pyridine rings is 1. The Bertz CT molecular complexity index is 816. The third-order valence-electron chi connectivity index (χ3n) is 4.10. The molecule has 0 aliphatic heterocycles. The van der Waals surface area contributed by atoms with Crippen molar-refractivity contribution in [2.45, 2.75) is 18.8 Å². The number of aromatic nitrogens is 1. The molecule has 3 aromatic rings. The van der Waals surface area contributed by atoms with Gasteiger partial charge in [-0.2, -0.15) is 0 Å². The Morgan fingerprint density at radius 2 is 1.86 bits per heavy atom. The van der Waals surface area contributed by atoms with Crippen molar-refractivity contribution >= 4 is 27.6 Å². The van der Waals surface area contributed by atoms with Gasteiger partial charge in [-0.1, -0.05) is 48.5 Å². The molecule has 0 spiro atoms. The van der Waals surface area contributed by atoms with Crippen LogP contribution in [0.5, 0.6) is 0 Å². The van der Waals surface area contributed by atoms with Crippen molar-refractivity contribution in [1.82, 2.24) is 4.98 Å². The monoisotopic (exact) mass is 309 g/mol. The Morgan fingerprint density at radius 3 is 2.55 bits per heavy atom. The van der Waals surface area contributed by atoms with Gasteiger partial charge in [0.2, 0.25) is 5.24 Å². The predicted molar refractivity (Wildman–Crippen MR) is 90.1 cm³/mol. The number of hydrogen-bond acceptors (Lipinski definition) is 2. The Kier molecular flexibility index (Phi) is 3.95. The number of nitrogens with zero attached hydrogens (tertiary/aromatic N) is 1. The summed E-state index contributed by atoms with van der Waals surface area (Å²) in [5.41, 5.74) is 1.15. The standard InChI is InChI=1S/C19H16ClNO/c1-19(18(20)22,12-14-5-4-10-21-13-14)17-9-8-15-6-2-3-7-16(15)11-17/h2-11,13H,12H2,1H3. The van der Waals surface area contributed by atoms with E-state index < -0.39 is 5.41 Å². The molecule has 0 saturated carbocycles. The maximum Gasteiger partial charge on any atom is 0.232 e. The molecule has 1 unspecified atom stereocenters. The highest BCUT2D eigenvalue weighted by atomic mass is 35.5. The summed E-state index contributed by atoms with van der Waals surface area (Å²) in [6.07, 6.45) is 4.03. The lowest BCUT2D eigenvalue weighted by Gasteiger charge is -2.26. The highest BCUT2D eigenvalue weighted by Crippen LogP contribution is 2.32. The average molecular weight is 310 g/mol. The summed E-state index contributed by atoms with van der Waals surface area (Å²) in [5, 5.41) is 1.90. The molecule has 2 aromatic carbocycles. The fourth-order valence-corrected chi connectivity index (χ4v) is 2.90. The second-order valence-corrected chi connectivity index (χ2v) is 6.05. The molecule has 1 atom stereocenters. The van der Waals surface area contributed by atoms with Gasteiger partial charge >= 0.3 is 0 Å². The van der Waals surface area contributed by atoms with Crippen molar-refractivity contribution < 1.29 is 4.79 Å². The lowest BCUT2D eigenvalue weighted by molar-refractivity contribution is -0.116. The number of hydrogen-bond donors (Lipinski definition) is 0. The van der Waals surface area contributed by atoms with E-state index >= 15 is 0 Å². The van der Waals surface area contributed by atoms with Gasteiger partial charge in [-0.3, -0.25) is 9.78 Å². The first-order valence-electron chi connectivity index (χ1n) is 7.18. The SMILES string of the molecule is CC(Cc1cccnc1)(C(=O)Cl)c1ccc2ccccc2c1. The normalized spacial score (nSPS) is 13.7. The molecule has 22 heavy (non-hydrogen) atoms. The van der Waals surface area contributed by atoms with E-state index in [4.69, 9.17) is 11.6 Å². The molecule has 0 N–H and O–H groups in total. The number of rotatable bonds is 4.